The molecule has 23 heavy (non-hydrogen) atoms. The maximum absolute atomic E-state index is 11.9. The molecule has 0 bridgehead atoms. The van der Waals surface area contributed by atoms with E-state index in [0.717, 1.165) is 4.47 Å². The number of nitrogens with one attached hydrogen (secondary N) is 1. The van der Waals surface area contributed by atoms with E-state index >= 15 is 0 Å². The van der Waals surface area contributed by atoms with Crippen molar-refractivity contribution >= 4 is 39.7 Å². The van der Waals surface area contributed by atoms with Gasteiger partial charge in [0.2, 0.25) is 0 Å². The fourth-order valence-corrected chi connectivity index (χ4v) is 2.37. The first kappa shape index (κ1) is 17.3. The lowest BCUT2D eigenvalue weighted by molar-refractivity contribution is 0.0955. The molecule has 0 aliphatic rings. The van der Waals surface area contributed by atoms with Crippen molar-refractivity contribution in [2.45, 2.75) is 6.92 Å². The Morgan fingerprint density at radius 1 is 1.39 bits per heavy atom. The highest BCUT2D eigenvalue weighted by Gasteiger charge is 2.09. The van der Waals surface area contributed by atoms with Gasteiger partial charge in [0.05, 0.1) is 12.8 Å². The fourth-order valence-electron chi connectivity index (χ4n) is 1.78. The number of rotatable bonds is 5. The minimum Gasteiger partial charge on any atom is -0.504 e. The Morgan fingerprint density at radius 2 is 2.09 bits per heavy atom. The number of phenols is 1. The zero-order chi connectivity index (χ0) is 16.8. The molecular formula is C16H14BrClN2O3. The third-order valence-electron chi connectivity index (χ3n) is 2.85. The zero-order valence-corrected chi connectivity index (χ0v) is 14.6. The number of benzene rings is 2. The van der Waals surface area contributed by atoms with Crippen LogP contribution in [0.4, 0.5) is 0 Å². The van der Waals surface area contributed by atoms with Gasteiger partial charge in [-0.25, -0.2) is 5.43 Å². The molecule has 0 fully saturated rings. The summed E-state index contributed by atoms with van der Waals surface area (Å²) in [4.78, 5) is 11.9. The highest BCUT2D eigenvalue weighted by Crippen LogP contribution is 2.32. The average Bonchev–Trinajstić information content (AvgIpc) is 2.52. The van der Waals surface area contributed by atoms with Crippen molar-refractivity contribution in [3.8, 4) is 11.5 Å². The number of halogens is 2. The number of aromatic hydroxyl groups is 1. The molecular weight excluding hydrogens is 384 g/mol. The van der Waals surface area contributed by atoms with Crippen molar-refractivity contribution in [3.63, 3.8) is 0 Å². The number of amides is 1. The second-order valence-electron chi connectivity index (χ2n) is 4.48. The summed E-state index contributed by atoms with van der Waals surface area (Å²) in [6.07, 6.45) is 1.34. The highest BCUT2D eigenvalue weighted by atomic mass is 79.9. The minimum atomic E-state index is -0.377. The SMILES string of the molecule is CCOc1cc(Br)cc(/C=N/NC(=O)c2ccc(Cl)cc2)c1O. The smallest absolute Gasteiger partial charge is 0.271 e. The Labute approximate surface area is 147 Å². The van der Waals surface area contributed by atoms with Gasteiger partial charge >= 0.3 is 0 Å². The van der Waals surface area contributed by atoms with E-state index in [4.69, 9.17) is 16.3 Å². The van der Waals surface area contributed by atoms with Crippen molar-refractivity contribution in [2.75, 3.05) is 6.61 Å². The van der Waals surface area contributed by atoms with Gasteiger partial charge in [-0.2, -0.15) is 5.10 Å². The third-order valence-corrected chi connectivity index (χ3v) is 3.55. The molecule has 2 N–H and O–H groups in total. The predicted octanol–water partition coefficient (Wildman–Crippen LogP) is 3.97. The standard InChI is InChI=1S/C16H14BrClN2O3/c1-2-23-14-8-12(17)7-11(15(14)21)9-19-20-16(22)10-3-5-13(18)6-4-10/h3-9,21H,2H2,1H3,(H,20,22)/b19-9+. The molecule has 0 aromatic heterocycles. The van der Waals surface area contributed by atoms with Crippen LogP contribution in [0.2, 0.25) is 5.02 Å². The lowest BCUT2D eigenvalue weighted by Crippen LogP contribution is -2.17. The Balaban J connectivity index is 2.11. The van der Waals surface area contributed by atoms with Gasteiger partial charge in [-0.15, -0.1) is 0 Å². The van der Waals surface area contributed by atoms with Gasteiger partial charge in [0.25, 0.3) is 5.91 Å². The molecule has 2 rings (SSSR count). The summed E-state index contributed by atoms with van der Waals surface area (Å²) in [5.41, 5.74) is 3.23. The van der Waals surface area contributed by atoms with Crippen LogP contribution in [0.25, 0.3) is 0 Å². The highest BCUT2D eigenvalue weighted by molar-refractivity contribution is 9.10. The van der Waals surface area contributed by atoms with Crippen molar-refractivity contribution in [1.29, 1.82) is 0 Å². The van der Waals surface area contributed by atoms with Crippen molar-refractivity contribution < 1.29 is 14.6 Å². The van der Waals surface area contributed by atoms with Gasteiger partial charge in [0.15, 0.2) is 11.5 Å². The van der Waals surface area contributed by atoms with Crippen LogP contribution in [0, 0.1) is 0 Å². The molecule has 0 saturated heterocycles. The monoisotopic (exact) mass is 396 g/mol. The molecule has 7 heteroatoms. The zero-order valence-electron chi connectivity index (χ0n) is 12.2. The maximum atomic E-state index is 11.9. The summed E-state index contributed by atoms with van der Waals surface area (Å²) in [5.74, 6) is -0.0793. The molecule has 0 aliphatic carbocycles. The molecule has 0 aliphatic heterocycles. The van der Waals surface area contributed by atoms with E-state index in [-0.39, 0.29) is 11.7 Å². The number of hydrogen-bond donors (Lipinski definition) is 2. The first-order chi connectivity index (χ1) is 11.0. The first-order valence-corrected chi connectivity index (χ1v) is 7.92. The fraction of sp³-hybridized carbons (Fsp3) is 0.125. The molecule has 1 amide bonds. The van der Waals surface area contributed by atoms with Crippen molar-refractivity contribution in [2.24, 2.45) is 5.10 Å². The predicted molar refractivity (Wildman–Crippen MR) is 93.5 cm³/mol. The number of carbonyl (C=O) groups excluding carboxylic acids is 1. The van der Waals surface area contributed by atoms with Crippen LogP contribution in [0.3, 0.4) is 0 Å². The summed E-state index contributed by atoms with van der Waals surface area (Å²) >= 11 is 9.10. The second-order valence-corrected chi connectivity index (χ2v) is 5.83. The van der Waals surface area contributed by atoms with Crippen LogP contribution in [0.1, 0.15) is 22.8 Å². The number of ether oxygens (including phenoxy) is 1. The lowest BCUT2D eigenvalue weighted by atomic mass is 10.2. The van der Waals surface area contributed by atoms with Gasteiger partial charge in [-0.3, -0.25) is 4.79 Å². The number of hydrazone groups is 1. The van der Waals surface area contributed by atoms with Crippen molar-refractivity contribution in [3.05, 3.63) is 57.0 Å². The molecule has 0 atom stereocenters. The molecule has 0 heterocycles. The normalized spacial score (nSPS) is 10.7. The molecule has 2 aromatic carbocycles. The molecule has 5 nitrogen and oxygen atoms in total. The van der Waals surface area contributed by atoms with Crippen molar-refractivity contribution in [1.82, 2.24) is 5.43 Å². The summed E-state index contributed by atoms with van der Waals surface area (Å²) in [6, 6.07) is 9.75. The summed E-state index contributed by atoms with van der Waals surface area (Å²) < 4.78 is 6.05. The summed E-state index contributed by atoms with van der Waals surface area (Å²) in [5, 5.41) is 14.5. The number of phenolic OH excluding ortho intramolecular Hbond substituents is 1. The van der Waals surface area contributed by atoms with E-state index < -0.39 is 0 Å². The lowest BCUT2D eigenvalue weighted by Gasteiger charge is -2.08. The van der Waals surface area contributed by atoms with E-state index in [2.05, 4.69) is 26.5 Å². The van der Waals surface area contributed by atoms with Gasteiger partial charge in [-0.1, -0.05) is 27.5 Å². The molecule has 0 saturated carbocycles. The first-order valence-electron chi connectivity index (χ1n) is 6.75. The Morgan fingerprint density at radius 3 is 2.74 bits per heavy atom. The largest absolute Gasteiger partial charge is 0.504 e. The molecule has 120 valence electrons. The van der Waals surface area contributed by atoms with Crippen LogP contribution in [-0.2, 0) is 0 Å². The van der Waals surface area contributed by atoms with Gasteiger partial charge < -0.3 is 9.84 Å². The number of hydrogen-bond acceptors (Lipinski definition) is 4. The van der Waals surface area contributed by atoms with E-state index in [1.54, 1.807) is 36.4 Å². The van der Waals surface area contributed by atoms with Crippen LogP contribution >= 0.6 is 27.5 Å². The third kappa shape index (κ3) is 4.71. The summed E-state index contributed by atoms with van der Waals surface area (Å²) in [6.45, 7) is 2.24. The van der Waals surface area contributed by atoms with E-state index in [0.29, 0.717) is 28.5 Å². The molecule has 0 unspecified atom stereocenters. The Kier molecular flexibility index (Phi) is 6.01. The number of nitrogens with zero attached hydrogens (tertiary/aromatic N) is 1. The Hall–Kier alpha value is -2.05. The van der Waals surface area contributed by atoms with Crippen LogP contribution < -0.4 is 10.2 Å². The van der Waals surface area contributed by atoms with E-state index in [1.165, 1.54) is 6.21 Å². The van der Waals surface area contributed by atoms with Gasteiger partial charge in [0.1, 0.15) is 0 Å². The van der Waals surface area contributed by atoms with E-state index in [1.807, 2.05) is 6.92 Å². The number of carbonyl (C=O) groups is 1. The molecule has 2 aromatic rings. The quantitative estimate of drug-likeness (QED) is 0.592. The van der Waals surface area contributed by atoms with Crippen LogP contribution in [0.5, 0.6) is 11.5 Å². The summed E-state index contributed by atoms with van der Waals surface area (Å²) in [7, 11) is 0. The minimum absolute atomic E-state index is 0.0421. The molecule has 0 radical (unpaired) electrons. The van der Waals surface area contributed by atoms with Gasteiger partial charge in [0, 0.05) is 20.6 Å². The average molecular weight is 398 g/mol. The maximum Gasteiger partial charge on any atom is 0.271 e. The second kappa shape index (κ2) is 7.99. The molecule has 0 spiro atoms. The Bertz CT molecular complexity index is 733. The van der Waals surface area contributed by atoms with E-state index in [9.17, 15) is 9.90 Å². The topological polar surface area (TPSA) is 70.9 Å². The van der Waals surface area contributed by atoms with Crippen LogP contribution in [0.15, 0.2) is 46.0 Å². The van der Waals surface area contributed by atoms with Gasteiger partial charge in [-0.05, 0) is 43.3 Å². The van der Waals surface area contributed by atoms with Crippen LogP contribution in [-0.4, -0.2) is 23.8 Å².